The van der Waals surface area contributed by atoms with Crippen molar-refractivity contribution in [1.29, 1.82) is 0 Å². The zero-order valence-electron chi connectivity index (χ0n) is 20.8. The van der Waals surface area contributed by atoms with E-state index in [9.17, 15) is 29.3 Å². The Hall–Kier alpha value is -4.54. The van der Waals surface area contributed by atoms with Crippen LogP contribution in [0.15, 0.2) is 54.1 Å². The second-order valence-electron chi connectivity index (χ2n) is 9.65. The molecule has 38 heavy (non-hydrogen) atoms. The van der Waals surface area contributed by atoms with Crippen LogP contribution in [0.25, 0.3) is 0 Å². The number of ether oxygens (including phenoxy) is 2. The Labute approximate surface area is 217 Å². The lowest BCUT2D eigenvalue weighted by atomic mass is 9.82. The van der Waals surface area contributed by atoms with E-state index >= 15 is 0 Å². The summed E-state index contributed by atoms with van der Waals surface area (Å²) in [7, 11) is 1.34. The van der Waals surface area contributed by atoms with Crippen LogP contribution in [0.2, 0.25) is 0 Å². The SMILES string of the molecule is COc1cc([N+](=O)[O-])ccc1N1C[C@H](C(=O)Oc2ccc(N3C(=O)[C@H]4CC(C)=CC[C@H]4C3=O)cc2)CC1=O. The molecule has 3 atom stereocenters. The van der Waals surface area contributed by atoms with E-state index in [-0.39, 0.29) is 59.7 Å². The molecule has 3 aliphatic rings. The van der Waals surface area contributed by atoms with Crippen molar-refractivity contribution in [2.24, 2.45) is 17.8 Å². The highest BCUT2D eigenvalue weighted by Crippen LogP contribution is 2.40. The number of benzene rings is 2. The maximum Gasteiger partial charge on any atom is 0.316 e. The lowest BCUT2D eigenvalue weighted by Crippen LogP contribution is -2.30. The maximum absolute atomic E-state index is 12.9. The number of nitrogens with zero attached hydrogens (tertiary/aromatic N) is 3. The number of hydrogen-bond acceptors (Lipinski definition) is 8. The van der Waals surface area contributed by atoms with Crippen LogP contribution in [-0.4, -0.2) is 42.3 Å². The van der Waals surface area contributed by atoms with Crippen molar-refractivity contribution in [1.82, 2.24) is 0 Å². The Balaban J connectivity index is 1.25. The van der Waals surface area contributed by atoms with Crippen LogP contribution in [0, 0.1) is 27.9 Å². The highest BCUT2D eigenvalue weighted by Gasteiger charge is 2.48. The molecule has 2 aliphatic heterocycles. The molecule has 2 fully saturated rings. The van der Waals surface area contributed by atoms with E-state index in [1.807, 2.05) is 13.0 Å². The molecular weight excluding hydrogens is 494 g/mol. The van der Waals surface area contributed by atoms with Gasteiger partial charge in [0.25, 0.3) is 5.69 Å². The molecule has 0 unspecified atom stereocenters. The Morgan fingerprint density at radius 1 is 1.03 bits per heavy atom. The van der Waals surface area contributed by atoms with Gasteiger partial charge in [0, 0.05) is 19.0 Å². The zero-order valence-corrected chi connectivity index (χ0v) is 20.8. The summed E-state index contributed by atoms with van der Waals surface area (Å²) < 4.78 is 10.7. The molecule has 1 aliphatic carbocycles. The molecule has 2 aromatic carbocycles. The minimum Gasteiger partial charge on any atom is -0.494 e. The normalized spacial score (nSPS) is 22.8. The number of nitro groups is 1. The third-order valence-corrected chi connectivity index (χ3v) is 7.26. The molecule has 5 rings (SSSR count). The number of carbonyl (C=O) groups excluding carboxylic acids is 4. The lowest BCUT2D eigenvalue weighted by molar-refractivity contribution is -0.384. The molecule has 196 valence electrons. The molecule has 0 saturated carbocycles. The van der Waals surface area contributed by atoms with Crippen LogP contribution in [0.4, 0.5) is 17.1 Å². The number of allylic oxidation sites excluding steroid dienone is 2. The van der Waals surface area contributed by atoms with Gasteiger partial charge in [0.15, 0.2) is 0 Å². The van der Waals surface area contributed by atoms with Crippen LogP contribution in [0.3, 0.4) is 0 Å². The van der Waals surface area contributed by atoms with Crippen molar-refractivity contribution in [2.75, 3.05) is 23.5 Å². The average Bonchev–Trinajstić information content (AvgIpc) is 3.40. The fourth-order valence-corrected chi connectivity index (χ4v) is 5.26. The molecule has 2 saturated heterocycles. The first-order valence-corrected chi connectivity index (χ1v) is 12.2. The van der Waals surface area contributed by atoms with E-state index in [4.69, 9.17) is 9.47 Å². The van der Waals surface area contributed by atoms with Crippen LogP contribution in [0.5, 0.6) is 11.5 Å². The van der Waals surface area contributed by atoms with E-state index in [1.54, 1.807) is 12.1 Å². The Kier molecular flexibility index (Phi) is 6.43. The lowest BCUT2D eigenvalue weighted by Gasteiger charge is -2.19. The first-order chi connectivity index (χ1) is 18.2. The van der Waals surface area contributed by atoms with Gasteiger partial charge in [-0.3, -0.25) is 34.2 Å². The van der Waals surface area contributed by atoms with Gasteiger partial charge in [-0.15, -0.1) is 0 Å². The molecule has 0 N–H and O–H groups in total. The monoisotopic (exact) mass is 519 g/mol. The van der Waals surface area contributed by atoms with Gasteiger partial charge in [0.2, 0.25) is 17.7 Å². The van der Waals surface area contributed by atoms with Crippen molar-refractivity contribution in [3.8, 4) is 11.5 Å². The molecule has 0 radical (unpaired) electrons. The highest BCUT2D eigenvalue weighted by atomic mass is 16.6. The zero-order chi connectivity index (χ0) is 27.1. The van der Waals surface area contributed by atoms with Crippen LogP contribution >= 0.6 is 0 Å². The van der Waals surface area contributed by atoms with Gasteiger partial charge in [0.05, 0.1) is 47.2 Å². The summed E-state index contributed by atoms with van der Waals surface area (Å²) in [5, 5.41) is 11.0. The van der Waals surface area contributed by atoms with Crippen molar-refractivity contribution >= 4 is 40.8 Å². The topological polar surface area (TPSA) is 136 Å². The van der Waals surface area contributed by atoms with Gasteiger partial charge in [0.1, 0.15) is 11.5 Å². The van der Waals surface area contributed by atoms with Gasteiger partial charge >= 0.3 is 5.97 Å². The number of hydrogen-bond donors (Lipinski definition) is 0. The number of methoxy groups -OCH3 is 1. The summed E-state index contributed by atoms with van der Waals surface area (Å²) >= 11 is 0. The fraction of sp³-hybridized carbons (Fsp3) is 0.333. The van der Waals surface area contributed by atoms with Crippen LogP contribution < -0.4 is 19.3 Å². The number of anilines is 2. The van der Waals surface area contributed by atoms with E-state index in [0.29, 0.717) is 24.2 Å². The summed E-state index contributed by atoms with van der Waals surface area (Å²) in [5.74, 6) is -2.49. The molecule has 0 spiro atoms. The summed E-state index contributed by atoms with van der Waals surface area (Å²) in [5.41, 5.74) is 1.67. The third kappa shape index (κ3) is 4.40. The highest BCUT2D eigenvalue weighted by molar-refractivity contribution is 6.22. The van der Waals surface area contributed by atoms with E-state index in [0.717, 1.165) is 5.57 Å². The molecule has 11 heteroatoms. The summed E-state index contributed by atoms with van der Waals surface area (Å²) in [6.07, 6.45) is 3.04. The minimum absolute atomic E-state index is 0.0247. The molecule has 0 aromatic heterocycles. The number of rotatable bonds is 6. The number of carbonyl (C=O) groups is 4. The van der Waals surface area contributed by atoms with E-state index in [2.05, 4.69) is 0 Å². The van der Waals surface area contributed by atoms with Crippen LogP contribution in [-0.2, 0) is 19.2 Å². The van der Waals surface area contributed by atoms with Crippen molar-refractivity contribution in [3.05, 3.63) is 64.2 Å². The van der Waals surface area contributed by atoms with Gasteiger partial charge in [-0.05, 0) is 50.1 Å². The Bertz CT molecular complexity index is 1380. The maximum atomic E-state index is 12.9. The number of fused-ring (bicyclic) bond motifs is 1. The predicted octanol–water partition coefficient (Wildman–Crippen LogP) is 3.41. The Morgan fingerprint density at radius 2 is 1.74 bits per heavy atom. The summed E-state index contributed by atoms with van der Waals surface area (Å²) in [6.45, 7) is 1.98. The largest absolute Gasteiger partial charge is 0.494 e. The molecule has 11 nitrogen and oxygen atoms in total. The standard InChI is InChI=1S/C27H25N3O8/c1-15-3-9-20-21(11-15)26(33)29(25(20)32)17-4-7-19(8-5-17)38-27(34)16-12-24(31)28(14-16)22-10-6-18(30(35)36)13-23(22)37-2/h3-8,10,13,16,20-21H,9,11-12,14H2,1-2H3/t16-,20-,21+/m1/s1. The minimum atomic E-state index is -0.761. The van der Waals surface area contributed by atoms with Crippen LogP contribution in [0.1, 0.15) is 26.2 Å². The van der Waals surface area contributed by atoms with Gasteiger partial charge < -0.3 is 14.4 Å². The number of imide groups is 1. The molecule has 0 bridgehead atoms. The second kappa shape index (κ2) is 9.73. The quantitative estimate of drug-likeness (QED) is 0.141. The van der Waals surface area contributed by atoms with Crippen molar-refractivity contribution in [3.63, 3.8) is 0 Å². The third-order valence-electron chi connectivity index (χ3n) is 7.26. The first kappa shape index (κ1) is 25.1. The predicted molar refractivity (Wildman–Crippen MR) is 135 cm³/mol. The smallest absolute Gasteiger partial charge is 0.316 e. The van der Waals surface area contributed by atoms with E-state index in [1.165, 1.54) is 47.2 Å². The average molecular weight is 520 g/mol. The number of nitro benzene ring substituents is 1. The Morgan fingerprint density at radius 3 is 2.42 bits per heavy atom. The van der Waals surface area contributed by atoms with Gasteiger partial charge in [-0.2, -0.15) is 0 Å². The molecular formula is C27H25N3O8. The molecule has 2 heterocycles. The number of amides is 3. The summed E-state index contributed by atoms with van der Waals surface area (Å²) in [6, 6.07) is 10.0. The number of non-ortho nitro benzene ring substituents is 1. The first-order valence-electron chi connectivity index (χ1n) is 12.2. The number of esters is 1. The van der Waals surface area contributed by atoms with Gasteiger partial charge in [-0.1, -0.05) is 11.6 Å². The van der Waals surface area contributed by atoms with E-state index < -0.39 is 16.8 Å². The van der Waals surface area contributed by atoms with Gasteiger partial charge in [-0.25, -0.2) is 0 Å². The molecule has 2 aromatic rings. The fourth-order valence-electron chi connectivity index (χ4n) is 5.26. The molecule has 3 amide bonds. The van der Waals surface area contributed by atoms with Crippen molar-refractivity contribution in [2.45, 2.75) is 26.2 Å². The van der Waals surface area contributed by atoms with Crippen molar-refractivity contribution < 1.29 is 33.6 Å². The summed E-state index contributed by atoms with van der Waals surface area (Å²) in [4.78, 5) is 64.3. The second-order valence-corrected chi connectivity index (χ2v) is 9.65.